The molecule has 1 aliphatic rings. The number of carbonyl (C=O) groups excluding carboxylic acids is 1. The third kappa shape index (κ3) is 5.40. The highest BCUT2D eigenvalue weighted by atomic mass is 19.1. The van der Waals surface area contributed by atoms with Crippen LogP contribution < -0.4 is 5.32 Å². The van der Waals surface area contributed by atoms with E-state index in [0.29, 0.717) is 25.3 Å². The number of allylic oxidation sites excluding steroid dienone is 1. The number of halogens is 1. The molecule has 1 aromatic heterocycles. The minimum Gasteiger partial charge on any atom is -0.459 e. The van der Waals surface area contributed by atoms with E-state index in [1.807, 2.05) is 31.2 Å². The van der Waals surface area contributed by atoms with Crippen molar-refractivity contribution in [2.45, 2.75) is 38.5 Å². The number of imidazole rings is 1. The summed E-state index contributed by atoms with van der Waals surface area (Å²) in [7, 11) is 0. The molecule has 3 atom stereocenters. The normalized spacial score (nSPS) is 20.3. The fourth-order valence-corrected chi connectivity index (χ4v) is 4.17. The number of carbonyl (C=O) groups is 1. The summed E-state index contributed by atoms with van der Waals surface area (Å²) in [6.45, 7) is 2.52. The van der Waals surface area contributed by atoms with Gasteiger partial charge in [-0.25, -0.2) is 9.37 Å². The van der Waals surface area contributed by atoms with Gasteiger partial charge >= 0.3 is 0 Å². The van der Waals surface area contributed by atoms with Crippen molar-refractivity contribution in [1.29, 1.82) is 0 Å². The molecule has 0 fully saturated rings. The topological polar surface area (TPSA) is 96.5 Å². The molecule has 1 amide bonds. The average Bonchev–Trinajstić information content (AvgIpc) is 3.25. The van der Waals surface area contributed by atoms with Crippen molar-refractivity contribution in [2.24, 2.45) is 5.92 Å². The second-order valence-electron chi connectivity index (χ2n) is 7.96. The number of rotatable bonds is 9. The molecular formula is C25H28FN3O4. The van der Waals surface area contributed by atoms with Gasteiger partial charge in [0.1, 0.15) is 11.6 Å². The Balaban J connectivity index is 1.56. The van der Waals surface area contributed by atoms with Crippen LogP contribution in [0.2, 0.25) is 0 Å². The van der Waals surface area contributed by atoms with Crippen LogP contribution in [0.3, 0.4) is 0 Å². The lowest BCUT2D eigenvalue weighted by Gasteiger charge is -2.37. The minimum atomic E-state index is -0.659. The van der Waals surface area contributed by atoms with E-state index < -0.39 is 6.29 Å². The van der Waals surface area contributed by atoms with E-state index in [-0.39, 0.29) is 42.5 Å². The first kappa shape index (κ1) is 22.9. The minimum absolute atomic E-state index is 0.0417. The molecule has 7 nitrogen and oxygen atoms in total. The summed E-state index contributed by atoms with van der Waals surface area (Å²) in [5, 5.41) is 12.2. The monoisotopic (exact) mass is 453 g/mol. The zero-order valence-electron chi connectivity index (χ0n) is 18.5. The van der Waals surface area contributed by atoms with Crippen molar-refractivity contribution in [3.63, 3.8) is 0 Å². The molecule has 0 spiro atoms. The van der Waals surface area contributed by atoms with Crippen molar-refractivity contribution in [3.05, 3.63) is 77.6 Å². The van der Waals surface area contributed by atoms with Gasteiger partial charge in [0.2, 0.25) is 6.29 Å². The Labute approximate surface area is 191 Å². The third-order valence-corrected chi connectivity index (χ3v) is 5.74. The summed E-state index contributed by atoms with van der Waals surface area (Å²) in [5.41, 5.74) is 2.58. The first-order valence-electron chi connectivity index (χ1n) is 11.2. The van der Waals surface area contributed by atoms with E-state index in [2.05, 4.69) is 15.3 Å². The largest absolute Gasteiger partial charge is 0.459 e. The molecule has 174 valence electrons. The van der Waals surface area contributed by atoms with E-state index in [1.165, 1.54) is 12.1 Å². The lowest BCUT2D eigenvalue weighted by atomic mass is 9.80. The van der Waals surface area contributed by atoms with Gasteiger partial charge in [-0.2, -0.15) is 0 Å². The fraction of sp³-hybridized carbons (Fsp3) is 0.360. The van der Waals surface area contributed by atoms with E-state index in [1.54, 1.807) is 18.2 Å². The summed E-state index contributed by atoms with van der Waals surface area (Å²) in [4.78, 5) is 20.6. The number of hydrogen-bond donors (Lipinski definition) is 3. The molecule has 4 rings (SSSR count). The van der Waals surface area contributed by atoms with Gasteiger partial charge in [-0.05, 0) is 55.7 Å². The second kappa shape index (κ2) is 10.6. The molecule has 1 aliphatic heterocycles. The van der Waals surface area contributed by atoms with Crippen LogP contribution in [0.4, 0.5) is 4.39 Å². The second-order valence-corrected chi connectivity index (χ2v) is 7.96. The van der Waals surface area contributed by atoms with Crippen molar-refractivity contribution in [1.82, 2.24) is 15.3 Å². The maximum atomic E-state index is 13.5. The highest BCUT2D eigenvalue weighted by Crippen LogP contribution is 2.39. The van der Waals surface area contributed by atoms with Gasteiger partial charge < -0.3 is 24.9 Å². The number of benzene rings is 2. The highest BCUT2D eigenvalue weighted by Gasteiger charge is 2.37. The maximum absolute atomic E-state index is 13.5. The zero-order valence-corrected chi connectivity index (χ0v) is 18.5. The van der Waals surface area contributed by atoms with Gasteiger partial charge in [-0.1, -0.05) is 24.3 Å². The number of amides is 1. The number of hydrogen-bond acceptors (Lipinski definition) is 5. The summed E-state index contributed by atoms with van der Waals surface area (Å²) < 4.78 is 25.3. The maximum Gasteiger partial charge on any atom is 0.286 e. The number of nitrogens with one attached hydrogen (secondary N) is 2. The van der Waals surface area contributed by atoms with Crippen LogP contribution in [-0.2, 0) is 20.8 Å². The van der Waals surface area contributed by atoms with Crippen LogP contribution in [-0.4, -0.2) is 40.5 Å². The molecule has 2 aromatic carbocycles. The van der Waals surface area contributed by atoms with Crippen LogP contribution >= 0.6 is 0 Å². The number of ether oxygens (including phenoxy) is 2. The molecule has 33 heavy (non-hydrogen) atoms. The molecule has 0 bridgehead atoms. The fourth-order valence-electron chi connectivity index (χ4n) is 4.17. The number of aliphatic hydroxyl groups is 1. The van der Waals surface area contributed by atoms with E-state index in [9.17, 15) is 14.3 Å². The number of fused-ring (bicyclic) bond motifs is 1. The molecule has 0 aliphatic carbocycles. The van der Waals surface area contributed by atoms with E-state index in [0.717, 1.165) is 16.6 Å². The summed E-state index contributed by atoms with van der Waals surface area (Å²) in [6.07, 6.45) is 2.30. The summed E-state index contributed by atoms with van der Waals surface area (Å²) in [6, 6.07) is 13.9. The zero-order chi connectivity index (χ0) is 23.2. The van der Waals surface area contributed by atoms with Crippen LogP contribution in [0.15, 0.2) is 60.4 Å². The van der Waals surface area contributed by atoms with Gasteiger partial charge in [0.05, 0.1) is 17.6 Å². The summed E-state index contributed by atoms with van der Waals surface area (Å²) in [5.74, 6) is -0.277. The van der Waals surface area contributed by atoms with E-state index >= 15 is 0 Å². The number of para-hydroxylation sites is 2. The van der Waals surface area contributed by atoms with Crippen LogP contribution in [0.25, 0.3) is 11.0 Å². The first-order chi connectivity index (χ1) is 16.1. The predicted molar refractivity (Wildman–Crippen MR) is 121 cm³/mol. The van der Waals surface area contributed by atoms with Crippen molar-refractivity contribution >= 4 is 16.9 Å². The smallest absolute Gasteiger partial charge is 0.286 e. The third-order valence-electron chi connectivity index (χ3n) is 5.74. The van der Waals surface area contributed by atoms with Crippen molar-refractivity contribution < 1.29 is 23.8 Å². The van der Waals surface area contributed by atoms with Crippen LogP contribution in [0, 0.1) is 11.7 Å². The van der Waals surface area contributed by atoms with E-state index in [4.69, 9.17) is 9.47 Å². The number of aliphatic hydroxyl groups excluding tert-OH is 1. The Kier molecular flexibility index (Phi) is 7.36. The van der Waals surface area contributed by atoms with Gasteiger partial charge in [0, 0.05) is 25.0 Å². The Bertz CT molecular complexity index is 1080. The predicted octanol–water partition coefficient (Wildman–Crippen LogP) is 3.77. The Morgan fingerprint density at radius 2 is 2.03 bits per heavy atom. The quantitative estimate of drug-likeness (QED) is 0.458. The molecule has 0 radical (unpaired) electrons. The number of aromatic nitrogens is 2. The number of H-pyrrole nitrogens is 1. The SMILES string of the molecule is CCO[C@H]1OC(C(=O)NCc2nc3ccccc3[nH]2)=C[C@@H](c2ccc(F)cc2)[C@@H]1CCCO. The van der Waals surface area contributed by atoms with Gasteiger partial charge in [0.15, 0.2) is 5.76 Å². The Morgan fingerprint density at radius 1 is 1.24 bits per heavy atom. The molecule has 0 saturated heterocycles. The summed E-state index contributed by atoms with van der Waals surface area (Å²) >= 11 is 0. The Morgan fingerprint density at radius 3 is 2.76 bits per heavy atom. The van der Waals surface area contributed by atoms with Gasteiger partial charge in [-0.3, -0.25) is 4.79 Å². The lowest BCUT2D eigenvalue weighted by Crippen LogP contribution is -2.39. The highest BCUT2D eigenvalue weighted by molar-refractivity contribution is 5.91. The van der Waals surface area contributed by atoms with Crippen molar-refractivity contribution in [2.75, 3.05) is 13.2 Å². The average molecular weight is 454 g/mol. The van der Waals surface area contributed by atoms with Gasteiger partial charge in [-0.15, -0.1) is 0 Å². The van der Waals surface area contributed by atoms with Crippen LogP contribution in [0.1, 0.15) is 37.1 Å². The number of nitrogens with zero attached hydrogens (tertiary/aromatic N) is 1. The molecule has 0 saturated carbocycles. The number of aromatic amines is 1. The molecule has 0 unspecified atom stereocenters. The molecular weight excluding hydrogens is 425 g/mol. The standard InChI is InChI=1S/C25H28FN3O4/c1-2-32-25-18(6-5-13-30)19(16-9-11-17(26)12-10-16)14-22(33-25)24(31)27-15-23-28-20-7-3-4-8-21(20)29-23/h3-4,7-12,14,18-19,25,30H,2,5-6,13,15H2,1H3,(H,27,31)(H,28,29)/t18-,19-,25-/m0/s1. The molecule has 3 N–H and O–H groups in total. The first-order valence-corrected chi connectivity index (χ1v) is 11.2. The van der Waals surface area contributed by atoms with Crippen molar-refractivity contribution in [3.8, 4) is 0 Å². The van der Waals surface area contributed by atoms with Crippen LogP contribution in [0.5, 0.6) is 0 Å². The Hall–Kier alpha value is -3.23. The molecule has 2 heterocycles. The molecule has 3 aromatic rings. The lowest BCUT2D eigenvalue weighted by molar-refractivity contribution is -0.166. The molecule has 8 heteroatoms. The van der Waals surface area contributed by atoms with Gasteiger partial charge in [0.25, 0.3) is 5.91 Å².